The van der Waals surface area contributed by atoms with Crippen LogP contribution in [-0.4, -0.2) is 18.5 Å². The van der Waals surface area contributed by atoms with E-state index in [1.165, 1.54) is 6.07 Å². The van der Waals surface area contributed by atoms with Crippen molar-refractivity contribution >= 4 is 40.8 Å². The van der Waals surface area contributed by atoms with Crippen molar-refractivity contribution < 1.29 is 14.3 Å². The minimum Gasteiger partial charge on any atom is -0.452 e. The third-order valence-electron chi connectivity index (χ3n) is 3.36. The lowest BCUT2D eigenvalue weighted by molar-refractivity contribution is -0.119. The third kappa shape index (κ3) is 4.47. The summed E-state index contributed by atoms with van der Waals surface area (Å²) >= 11 is 11.8. The van der Waals surface area contributed by atoms with Crippen LogP contribution in [0.25, 0.3) is 0 Å². The highest BCUT2D eigenvalue weighted by Crippen LogP contribution is 2.25. The first-order valence-electron chi connectivity index (χ1n) is 6.86. The van der Waals surface area contributed by atoms with Crippen molar-refractivity contribution in [1.29, 1.82) is 0 Å². The Morgan fingerprint density at radius 3 is 2.61 bits per heavy atom. The van der Waals surface area contributed by atoms with E-state index in [9.17, 15) is 9.59 Å². The molecule has 0 heterocycles. The molecule has 4 nitrogen and oxygen atoms in total. The SMILES string of the molecule is Cc1cccc(C(=O)OCC(=O)Nc2cc(Cl)ccc2Cl)c1C. The molecule has 0 aliphatic heterocycles. The molecule has 0 spiro atoms. The number of rotatable bonds is 4. The van der Waals surface area contributed by atoms with Gasteiger partial charge in [-0.2, -0.15) is 0 Å². The summed E-state index contributed by atoms with van der Waals surface area (Å²) in [5, 5.41) is 3.34. The highest BCUT2D eigenvalue weighted by Gasteiger charge is 2.14. The molecular formula is C17H15Cl2NO3. The van der Waals surface area contributed by atoms with Crippen molar-refractivity contribution in [2.24, 2.45) is 0 Å². The molecule has 0 aromatic heterocycles. The molecule has 120 valence electrons. The summed E-state index contributed by atoms with van der Waals surface area (Å²) in [7, 11) is 0. The van der Waals surface area contributed by atoms with E-state index >= 15 is 0 Å². The number of amides is 1. The van der Waals surface area contributed by atoms with Gasteiger partial charge in [-0.15, -0.1) is 0 Å². The maximum Gasteiger partial charge on any atom is 0.338 e. The number of esters is 1. The van der Waals surface area contributed by atoms with Crippen LogP contribution in [-0.2, 0) is 9.53 Å². The predicted octanol–water partition coefficient (Wildman–Crippen LogP) is 4.41. The number of carbonyl (C=O) groups excluding carboxylic acids is 2. The van der Waals surface area contributed by atoms with E-state index in [0.717, 1.165) is 11.1 Å². The lowest BCUT2D eigenvalue weighted by atomic mass is 10.0. The van der Waals surface area contributed by atoms with Crippen molar-refractivity contribution in [2.75, 3.05) is 11.9 Å². The van der Waals surface area contributed by atoms with Crippen LogP contribution in [0.1, 0.15) is 21.5 Å². The van der Waals surface area contributed by atoms with Gasteiger partial charge in [-0.05, 0) is 49.2 Å². The maximum atomic E-state index is 12.0. The first kappa shape index (κ1) is 17.3. The Balaban J connectivity index is 1.98. The molecule has 0 unspecified atom stereocenters. The van der Waals surface area contributed by atoms with Crippen molar-refractivity contribution in [2.45, 2.75) is 13.8 Å². The molecule has 0 fully saturated rings. The zero-order chi connectivity index (χ0) is 17.0. The Morgan fingerprint density at radius 1 is 1.13 bits per heavy atom. The summed E-state index contributed by atoms with van der Waals surface area (Å²) in [6.07, 6.45) is 0. The molecule has 23 heavy (non-hydrogen) atoms. The van der Waals surface area contributed by atoms with Gasteiger partial charge in [-0.25, -0.2) is 4.79 Å². The smallest absolute Gasteiger partial charge is 0.338 e. The topological polar surface area (TPSA) is 55.4 Å². The first-order chi connectivity index (χ1) is 10.9. The van der Waals surface area contributed by atoms with Gasteiger partial charge in [0.05, 0.1) is 16.3 Å². The molecule has 2 rings (SSSR count). The van der Waals surface area contributed by atoms with Crippen molar-refractivity contribution in [1.82, 2.24) is 0 Å². The second-order valence-corrected chi connectivity index (χ2v) is 5.84. The van der Waals surface area contributed by atoms with E-state index in [1.807, 2.05) is 19.9 Å². The first-order valence-corrected chi connectivity index (χ1v) is 7.62. The number of carbonyl (C=O) groups is 2. The Bertz CT molecular complexity index is 759. The van der Waals surface area contributed by atoms with Crippen LogP contribution >= 0.6 is 23.2 Å². The van der Waals surface area contributed by atoms with Crippen LogP contribution in [0, 0.1) is 13.8 Å². The summed E-state index contributed by atoms with van der Waals surface area (Å²) in [5.41, 5.74) is 2.62. The lowest BCUT2D eigenvalue weighted by Crippen LogP contribution is -2.21. The number of nitrogens with one attached hydrogen (secondary N) is 1. The largest absolute Gasteiger partial charge is 0.452 e. The molecular weight excluding hydrogens is 337 g/mol. The summed E-state index contributed by atoms with van der Waals surface area (Å²) in [5.74, 6) is -1.04. The molecule has 0 atom stereocenters. The zero-order valence-electron chi connectivity index (χ0n) is 12.7. The quantitative estimate of drug-likeness (QED) is 0.830. The Hall–Kier alpha value is -2.04. The van der Waals surface area contributed by atoms with Crippen LogP contribution in [0.5, 0.6) is 0 Å². The number of benzene rings is 2. The second kappa shape index (κ2) is 7.49. The lowest BCUT2D eigenvalue weighted by Gasteiger charge is -2.10. The number of aryl methyl sites for hydroxylation is 1. The van der Waals surface area contributed by atoms with Crippen molar-refractivity contribution in [3.63, 3.8) is 0 Å². The van der Waals surface area contributed by atoms with Gasteiger partial charge in [0.15, 0.2) is 6.61 Å². The van der Waals surface area contributed by atoms with Gasteiger partial charge in [-0.3, -0.25) is 4.79 Å². The Kier molecular flexibility index (Phi) is 5.64. The molecule has 0 radical (unpaired) electrons. The normalized spacial score (nSPS) is 10.3. The molecule has 2 aromatic rings. The van der Waals surface area contributed by atoms with Gasteiger partial charge in [0.2, 0.25) is 0 Å². The summed E-state index contributed by atoms with van der Waals surface area (Å²) in [6.45, 7) is 3.33. The van der Waals surface area contributed by atoms with Gasteiger partial charge in [0.1, 0.15) is 0 Å². The number of halogens is 2. The van der Waals surface area contributed by atoms with Gasteiger partial charge < -0.3 is 10.1 Å². The summed E-state index contributed by atoms with van der Waals surface area (Å²) < 4.78 is 5.04. The second-order valence-electron chi connectivity index (χ2n) is 5.00. The minimum atomic E-state index is -0.543. The van der Waals surface area contributed by atoms with Gasteiger partial charge in [0, 0.05) is 5.02 Å². The highest BCUT2D eigenvalue weighted by molar-refractivity contribution is 6.35. The third-order valence-corrected chi connectivity index (χ3v) is 3.93. The number of hydrogen-bond donors (Lipinski definition) is 1. The average molecular weight is 352 g/mol. The van der Waals surface area contributed by atoms with Gasteiger partial charge >= 0.3 is 5.97 Å². The fourth-order valence-electron chi connectivity index (χ4n) is 1.96. The fraction of sp³-hybridized carbons (Fsp3) is 0.176. The molecule has 6 heteroatoms. The molecule has 0 saturated carbocycles. The number of anilines is 1. The van der Waals surface area contributed by atoms with Crippen molar-refractivity contribution in [3.05, 3.63) is 63.1 Å². The molecule has 1 amide bonds. The monoisotopic (exact) mass is 351 g/mol. The molecule has 0 aliphatic rings. The molecule has 0 bridgehead atoms. The molecule has 1 N–H and O–H groups in total. The standard InChI is InChI=1S/C17H15Cl2NO3/c1-10-4-3-5-13(11(10)2)17(22)23-9-16(21)20-15-8-12(18)6-7-14(15)19/h3-8H,9H2,1-2H3,(H,20,21). The van der Waals surface area contributed by atoms with E-state index < -0.39 is 18.5 Å². The average Bonchev–Trinajstić information content (AvgIpc) is 2.51. The van der Waals surface area contributed by atoms with E-state index in [-0.39, 0.29) is 0 Å². The van der Waals surface area contributed by atoms with E-state index in [1.54, 1.807) is 24.3 Å². The zero-order valence-corrected chi connectivity index (χ0v) is 14.2. The van der Waals surface area contributed by atoms with Crippen LogP contribution < -0.4 is 5.32 Å². The fourth-order valence-corrected chi connectivity index (χ4v) is 2.30. The highest BCUT2D eigenvalue weighted by atomic mass is 35.5. The van der Waals surface area contributed by atoms with Gasteiger partial charge in [0.25, 0.3) is 5.91 Å². The van der Waals surface area contributed by atoms with E-state index in [2.05, 4.69) is 5.32 Å². The summed E-state index contributed by atoms with van der Waals surface area (Å²) in [4.78, 5) is 23.9. The summed E-state index contributed by atoms with van der Waals surface area (Å²) in [6, 6.07) is 10.0. The van der Waals surface area contributed by atoms with E-state index in [4.69, 9.17) is 27.9 Å². The molecule has 0 saturated heterocycles. The number of ether oxygens (including phenoxy) is 1. The minimum absolute atomic E-state index is 0.351. The maximum absolute atomic E-state index is 12.0. The van der Waals surface area contributed by atoms with E-state index in [0.29, 0.717) is 21.3 Å². The van der Waals surface area contributed by atoms with Crippen LogP contribution in [0.4, 0.5) is 5.69 Å². The Morgan fingerprint density at radius 2 is 1.87 bits per heavy atom. The van der Waals surface area contributed by atoms with Crippen molar-refractivity contribution in [3.8, 4) is 0 Å². The van der Waals surface area contributed by atoms with Crippen LogP contribution in [0.2, 0.25) is 10.0 Å². The predicted molar refractivity (Wildman–Crippen MR) is 91.3 cm³/mol. The van der Waals surface area contributed by atoms with Gasteiger partial charge in [-0.1, -0.05) is 35.3 Å². The van der Waals surface area contributed by atoms with Crippen LogP contribution in [0.3, 0.4) is 0 Å². The van der Waals surface area contributed by atoms with Crippen LogP contribution in [0.15, 0.2) is 36.4 Å². The number of hydrogen-bond acceptors (Lipinski definition) is 3. The molecule has 0 aliphatic carbocycles. The Labute approximate surface area is 144 Å². The molecule has 2 aromatic carbocycles.